The Morgan fingerprint density at radius 1 is 1.39 bits per heavy atom. The summed E-state index contributed by atoms with van der Waals surface area (Å²) in [6.45, 7) is 0.560. The normalized spacial score (nSPS) is 17.4. The molecule has 1 aromatic heterocycles. The zero-order valence-corrected chi connectivity index (χ0v) is 10.7. The van der Waals surface area contributed by atoms with Crippen molar-refractivity contribution < 1.29 is 4.52 Å². The molecule has 5 heteroatoms. The van der Waals surface area contributed by atoms with E-state index in [0.29, 0.717) is 23.3 Å². The topological polar surface area (TPSA) is 64.9 Å². The van der Waals surface area contributed by atoms with Crippen LogP contribution >= 0.6 is 11.6 Å². The molecule has 1 fully saturated rings. The van der Waals surface area contributed by atoms with Crippen LogP contribution in [0.2, 0.25) is 5.02 Å². The molecule has 1 aliphatic carbocycles. The standard InChI is InChI=1S/C13H14ClN3O/c14-10-4-1-3-9(7-10)11-16-12(18-17-11)13(8-15)5-2-6-13/h1,3-4,7H,2,5-6,8,15H2. The number of hydrogen-bond acceptors (Lipinski definition) is 4. The molecule has 3 rings (SSSR count). The molecule has 0 saturated heterocycles. The fraction of sp³-hybridized carbons (Fsp3) is 0.385. The molecule has 1 saturated carbocycles. The Balaban J connectivity index is 1.94. The van der Waals surface area contributed by atoms with E-state index >= 15 is 0 Å². The van der Waals surface area contributed by atoms with Crippen molar-refractivity contribution >= 4 is 11.6 Å². The van der Waals surface area contributed by atoms with Gasteiger partial charge in [0.2, 0.25) is 11.7 Å². The zero-order valence-electron chi connectivity index (χ0n) is 9.90. The maximum absolute atomic E-state index is 5.95. The van der Waals surface area contributed by atoms with Crippen molar-refractivity contribution in [1.29, 1.82) is 0 Å². The van der Waals surface area contributed by atoms with Crippen LogP contribution in [-0.2, 0) is 5.41 Å². The molecular formula is C13H14ClN3O. The van der Waals surface area contributed by atoms with Crippen molar-refractivity contribution in [3.8, 4) is 11.4 Å². The minimum Gasteiger partial charge on any atom is -0.338 e. The van der Waals surface area contributed by atoms with Crippen molar-refractivity contribution in [2.75, 3.05) is 6.54 Å². The van der Waals surface area contributed by atoms with Gasteiger partial charge in [0, 0.05) is 17.1 Å². The Morgan fingerprint density at radius 3 is 2.83 bits per heavy atom. The first-order valence-corrected chi connectivity index (χ1v) is 6.41. The first kappa shape index (κ1) is 11.7. The molecule has 1 aliphatic rings. The first-order valence-electron chi connectivity index (χ1n) is 6.04. The van der Waals surface area contributed by atoms with E-state index in [-0.39, 0.29) is 5.41 Å². The summed E-state index contributed by atoms with van der Waals surface area (Å²) in [5, 5.41) is 4.69. The predicted octanol–water partition coefficient (Wildman–Crippen LogP) is 2.77. The number of halogens is 1. The quantitative estimate of drug-likeness (QED) is 0.925. The Hall–Kier alpha value is -1.39. The summed E-state index contributed by atoms with van der Waals surface area (Å²) in [5.41, 5.74) is 6.60. The van der Waals surface area contributed by atoms with Crippen molar-refractivity contribution in [3.05, 3.63) is 35.2 Å². The summed E-state index contributed by atoms with van der Waals surface area (Å²) in [4.78, 5) is 4.47. The molecule has 18 heavy (non-hydrogen) atoms. The fourth-order valence-electron chi connectivity index (χ4n) is 2.29. The van der Waals surface area contributed by atoms with Gasteiger partial charge in [-0.25, -0.2) is 0 Å². The SMILES string of the molecule is NCC1(c2nc(-c3cccc(Cl)c3)no2)CCC1. The van der Waals surface area contributed by atoms with Gasteiger partial charge in [-0.1, -0.05) is 35.3 Å². The van der Waals surface area contributed by atoms with Gasteiger partial charge in [-0.15, -0.1) is 0 Å². The average molecular weight is 264 g/mol. The second kappa shape index (κ2) is 4.37. The maximum Gasteiger partial charge on any atom is 0.234 e. The van der Waals surface area contributed by atoms with Gasteiger partial charge >= 0.3 is 0 Å². The summed E-state index contributed by atoms with van der Waals surface area (Å²) in [6.07, 6.45) is 3.23. The van der Waals surface area contributed by atoms with E-state index in [0.717, 1.165) is 18.4 Å². The highest BCUT2D eigenvalue weighted by molar-refractivity contribution is 6.30. The van der Waals surface area contributed by atoms with Crippen LogP contribution in [0.5, 0.6) is 0 Å². The van der Waals surface area contributed by atoms with Gasteiger partial charge in [0.25, 0.3) is 0 Å². The molecule has 94 valence electrons. The van der Waals surface area contributed by atoms with Crippen LogP contribution in [0.1, 0.15) is 25.2 Å². The lowest BCUT2D eigenvalue weighted by molar-refractivity contribution is 0.182. The number of nitrogens with zero attached hydrogens (tertiary/aromatic N) is 2. The molecule has 0 unspecified atom stereocenters. The van der Waals surface area contributed by atoms with Crippen molar-refractivity contribution in [2.24, 2.45) is 5.73 Å². The molecule has 2 aromatic rings. The highest BCUT2D eigenvalue weighted by Crippen LogP contribution is 2.42. The molecule has 1 aromatic carbocycles. The smallest absolute Gasteiger partial charge is 0.234 e. The van der Waals surface area contributed by atoms with E-state index in [4.69, 9.17) is 21.9 Å². The monoisotopic (exact) mass is 263 g/mol. The number of rotatable bonds is 3. The van der Waals surface area contributed by atoms with Crippen LogP contribution < -0.4 is 5.73 Å². The zero-order chi connectivity index (χ0) is 12.6. The largest absolute Gasteiger partial charge is 0.338 e. The second-order valence-electron chi connectivity index (χ2n) is 4.77. The molecular weight excluding hydrogens is 250 g/mol. The minimum absolute atomic E-state index is 0.0934. The third kappa shape index (κ3) is 1.82. The molecule has 2 N–H and O–H groups in total. The second-order valence-corrected chi connectivity index (χ2v) is 5.21. The minimum atomic E-state index is -0.0934. The number of aromatic nitrogens is 2. The highest BCUT2D eigenvalue weighted by Gasteiger charge is 2.42. The molecule has 1 heterocycles. The number of nitrogens with two attached hydrogens (primary N) is 1. The third-order valence-corrected chi connectivity index (χ3v) is 3.90. The maximum atomic E-state index is 5.95. The van der Waals surface area contributed by atoms with Crippen LogP contribution in [-0.4, -0.2) is 16.7 Å². The Morgan fingerprint density at radius 2 is 2.22 bits per heavy atom. The Labute approximate surface area is 110 Å². The van der Waals surface area contributed by atoms with Gasteiger partial charge in [-0.2, -0.15) is 4.98 Å². The van der Waals surface area contributed by atoms with Crippen molar-refractivity contribution in [1.82, 2.24) is 10.1 Å². The molecule has 4 nitrogen and oxygen atoms in total. The van der Waals surface area contributed by atoms with Crippen molar-refractivity contribution in [3.63, 3.8) is 0 Å². The van der Waals surface area contributed by atoms with Gasteiger partial charge in [0.15, 0.2) is 0 Å². The lowest BCUT2D eigenvalue weighted by Gasteiger charge is -2.36. The van der Waals surface area contributed by atoms with Gasteiger partial charge in [-0.3, -0.25) is 0 Å². The number of benzene rings is 1. The van der Waals surface area contributed by atoms with Crippen LogP contribution in [0.15, 0.2) is 28.8 Å². The summed E-state index contributed by atoms with van der Waals surface area (Å²) in [5.74, 6) is 1.23. The molecule has 0 amide bonds. The molecule has 0 spiro atoms. The van der Waals surface area contributed by atoms with Gasteiger partial charge in [0.05, 0.1) is 5.41 Å². The van der Waals surface area contributed by atoms with Gasteiger partial charge < -0.3 is 10.3 Å². The van der Waals surface area contributed by atoms with Crippen LogP contribution in [0, 0.1) is 0 Å². The first-order chi connectivity index (χ1) is 8.73. The number of hydrogen-bond donors (Lipinski definition) is 1. The third-order valence-electron chi connectivity index (χ3n) is 3.66. The van der Waals surface area contributed by atoms with E-state index in [2.05, 4.69) is 10.1 Å². The van der Waals surface area contributed by atoms with Gasteiger partial charge in [0.1, 0.15) is 0 Å². The van der Waals surface area contributed by atoms with E-state index in [9.17, 15) is 0 Å². The average Bonchev–Trinajstić information content (AvgIpc) is 2.78. The van der Waals surface area contributed by atoms with Crippen LogP contribution in [0.3, 0.4) is 0 Å². The van der Waals surface area contributed by atoms with E-state index in [1.165, 1.54) is 6.42 Å². The highest BCUT2D eigenvalue weighted by atomic mass is 35.5. The summed E-state index contributed by atoms with van der Waals surface area (Å²) >= 11 is 5.95. The van der Waals surface area contributed by atoms with E-state index in [1.54, 1.807) is 0 Å². The van der Waals surface area contributed by atoms with E-state index < -0.39 is 0 Å². The summed E-state index contributed by atoms with van der Waals surface area (Å²) in [7, 11) is 0. The molecule has 0 atom stereocenters. The fourth-order valence-corrected chi connectivity index (χ4v) is 2.48. The van der Waals surface area contributed by atoms with E-state index in [1.807, 2.05) is 24.3 Å². The van der Waals surface area contributed by atoms with Gasteiger partial charge in [-0.05, 0) is 25.0 Å². The van der Waals surface area contributed by atoms with Crippen LogP contribution in [0.4, 0.5) is 0 Å². The van der Waals surface area contributed by atoms with Crippen molar-refractivity contribution in [2.45, 2.75) is 24.7 Å². The molecule has 0 radical (unpaired) electrons. The Bertz CT molecular complexity index is 557. The molecule has 0 bridgehead atoms. The lowest BCUT2D eigenvalue weighted by atomic mass is 9.69. The summed E-state index contributed by atoms with van der Waals surface area (Å²) in [6, 6.07) is 7.43. The summed E-state index contributed by atoms with van der Waals surface area (Å²) < 4.78 is 5.37. The predicted molar refractivity (Wildman–Crippen MR) is 69.3 cm³/mol. The Kier molecular flexibility index (Phi) is 2.84. The van der Waals surface area contributed by atoms with Crippen LogP contribution in [0.25, 0.3) is 11.4 Å². The molecule has 0 aliphatic heterocycles. The lowest BCUT2D eigenvalue weighted by Crippen LogP contribution is -2.41.